The molecule has 6 nitrogen and oxygen atoms in total. The van der Waals surface area contributed by atoms with Crippen molar-refractivity contribution >= 4 is 52.4 Å². The van der Waals surface area contributed by atoms with Gasteiger partial charge in [0.2, 0.25) is 0 Å². The van der Waals surface area contributed by atoms with E-state index >= 15 is 0 Å². The van der Waals surface area contributed by atoms with Crippen LogP contribution in [0, 0.1) is 10.1 Å². The summed E-state index contributed by atoms with van der Waals surface area (Å²) in [6, 6.07) is 12.6. The molecule has 1 N–H and O–H groups in total. The Kier molecular flexibility index (Phi) is 5.46. The summed E-state index contributed by atoms with van der Waals surface area (Å²) >= 11 is 18.1. The SMILES string of the molecule is O=[N+]([O-])c1ccc(Cl)c(-c2ccc(C=NNc3cccc(Cl)c3Cl)o2)c1. The topological polar surface area (TPSA) is 80.7 Å². The highest BCUT2D eigenvalue weighted by molar-refractivity contribution is 6.43. The van der Waals surface area contributed by atoms with Crippen LogP contribution in [0.15, 0.2) is 58.0 Å². The summed E-state index contributed by atoms with van der Waals surface area (Å²) in [6.07, 6.45) is 1.44. The third-order valence-corrected chi connectivity index (χ3v) is 4.53. The molecule has 1 heterocycles. The Morgan fingerprint density at radius 3 is 2.65 bits per heavy atom. The molecule has 0 radical (unpaired) electrons. The number of benzene rings is 2. The van der Waals surface area contributed by atoms with Gasteiger partial charge in [0, 0.05) is 17.7 Å². The minimum atomic E-state index is -0.496. The molecular weight excluding hydrogens is 401 g/mol. The number of halogens is 3. The number of anilines is 1. The second-order valence-corrected chi connectivity index (χ2v) is 6.29. The van der Waals surface area contributed by atoms with Crippen LogP contribution in [0.5, 0.6) is 0 Å². The largest absolute Gasteiger partial charge is 0.455 e. The van der Waals surface area contributed by atoms with Crippen LogP contribution >= 0.6 is 34.8 Å². The smallest absolute Gasteiger partial charge is 0.270 e. The van der Waals surface area contributed by atoms with Crippen LogP contribution in [0.25, 0.3) is 11.3 Å². The molecule has 3 aromatic rings. The van der Waals surface area contributed by atoms with Crippen molar-refractivity contribution in [2.45, 2.75) is 0 Å². The second kappa shape index (κ2) is 7.78. The maximum absolute atomic E-state index is 10.9. The number of hydrazone groups is 1. The molecule has 0 amide bonds. The Hall–Kier alpha value is -2.54. The van der Waals surface area contributed by atoms with Crippen LogP contribution < -0.4 is 5.43 Å². The van der Waals surface area contributed by atoms with Crippen LogP contribution in [-0.4, -0.2) is 11.1 Å². The predicted molar refractivity (Wildman–Crippen MR) is 103 cm³/mol. The maximum Gasteiger partial charge on any atom is 0.270 e. The molecule has 26 heavy (non-hydrogen) atoms. The molecule has 132 valence electrons. The Balaban J connectivity index is 1.79. The van der Waals surface area contributed by atoms with Crippen LogP contribution in [0.3, 0.4) is 0 Å². The van der Waals surface area contributed by atoms with Crippen molar-refractivity contribution in [1.29, 1.82) is 0 Å². The van der Waals surface area contributed by atoms with Crippen molar-refractivity contribution in [3.8, 4) is 11.3 Å². The molecule has 0 aliphatic heterocycles. The first-order valence-electron chi connectivity index (χ1n) is 7.23. The van der Waals surface area contributed by atoms with Crippen LogP contribution in [0.2, 0.25) is 15.1 Å². The maximum atomic E-state index is 10.9. The van der Waals surface area contributed by atoms with E-state index < -0.39 is 4.92 Å². The molecule has 3 rings (SSSR count). The molecule has 0 aliphatic rings. The quantitative estimate of drug-likeness (QED) is 0.306. The van der Waals surface area contributed by atoms with Crippen molar-refractivity contribution in [3.05, 3.63) is 79.5 Å². The summed E-state index contributed by atoms with van der Waals surface area (Å²) in [5, 5.41) is 16.1. The van der Waals surface area contributed by atoms with Crippen LogP contribution in [0.1, 0.15) is 5.76 Å². The number of hydrogen-bond donors (Lipinski definition) is 1. The first kappa shape index (κ1) is 18.3. The fourth-order valence-electron chi connectivity index (χ4n) is 2.14. The molecule has 2 aromatic carbocycles. The van der Waals surface area contributed by atoms with Gasteiger partial charge in [0.1, 0.15) is 11.5 Å². The van der Waals surface area contributed by atoms with Gasteiger partial charge < -0.3 is 4.42 Å². The Bertz CT molecular complexity index is 1000. The number of rotatable bonds is 5. The lowest BCUT2D eigenvalue weighted by Gasteiger charge is -2.03. The van der Waals surface area contributed by atoms with Gasteiger partial charge in [-0.3, -0.25) is 15.5 Å². The third-order valence-electron chi connectivity index (χ3n) is 3.38. The van der Waals surface area contributed by atoms with Crippen LogP contribution in [-0.2, 0) is 0 Å². The highest BCUT2D eigenvalue weighted by Gasteiger charge is 2.14. The van der Waals surface area contributed by atoms with Crippen molar-refractivity contribution < 1.29 is 9.34 Å². The predicted octanol–water partition coefficient (Wildman–Crippen LogP) is 6.26. The van der Waals surface area contributed by atoms with E-state index in [1.807, 2.05) is 0 Å². The lowest BCUT2D eigenvalue weighted by molar-refractivity contribution is -0.384. The monoisotopic (exact) mass is 409 g/mol. The molecule has 0 saturated heterocycles. The third kappa shape index (κ3) is 3.99. The van der Waals surface area contributed by atoms with Gasteiger partial charge >= 0.3 is 0 Å². The number of nitro groups is 1. The summed E-state index contributed by atoms with van der Waals surface area (Å²) in [7, 11) is 0. The van der Waals surface area contributed by atoms with Crippen molar-refractivity contribution in [1.82, 2.24) is 0 Å². The summed E-state index contributed by atoms with van der Waals surface area (Å²) in [5.41, 5.74) is 3.66. The van der Waals surface area contributed by atoms with Gasteiger partial charge in [0.25, 0.3) is 5.69 Å². The standard InChI is InChI=1S/C17H10Cl3N3O3/c18-13-6-4-10(23(24)25)8-12(13)16-7-5-11(26-16)9-21-22-15-3-1-2-14(19)17(15)20/h1-9,22H. The zero-order valence-electron chi connectivity index (χ0n) is 12.9. The molecule has 1 aromatic heterocycles. The van der Waals surface area contributed by atoms with Crippen molar-refractivity contribution in [3.63, 3.8) is 0 Å². The van der Waals surface area contributed by atoms with Crippen molar-refractivity contribution in [2.75, 3.05) is 5.43 Å². The Labute approximate surface area is 163 Å². The Morgan fingerprint density at radius 1 is 1.08 bits per heavy atom. The first-order valence-corrected chi connectivity index (χ1v) is 8.36. The minimum absolute atomic E-state index is 0.0757. The fourth-order valence-corrected chi connectivity index (χ4v) is 2.69. The number of non-ortho nitro benzene ring substituents is 1. The first-order chi connectivity index (χ1) is 12.5. The number of furan rings is 1. The molecule has 0 atom stereocenters. The van der Waals surface area contributed by atoms with Gasteiger partial charge in [-0.05, 0) is 30.3 Å². The van der Waals surface area contributed by atoms with E-state index in [1.165, 1.54) is 24.4 Å². The average Bonchev–Trinajstić information content (AvgIpc) is 3.07. The van der Waals surface area contributed by atoms with E-state index in [1.54, 1.807) is 30.3 Å². The lowest BCUT2D eigenvalue weighted by Crippen LogP contribution is -1.91. The fraction of sp³-hybridized carbons (Fsp3) is 0. The molecule has 0 aliphatic carbocycles. The van der Waals surface area contributed by atoms with Gasteiger partial charge in [-0.1, -0.05) is 40.9 Å². The molecule has 0 spiro atoms. The molecule has 0 bridgehead atoms. The van der Waals surface area contributed by atoms with Gasteiger partial charge in [-0.2, -0.15) is 5.10 Å². The van der Waals surface area contributed by atoms with E-state index in [0.29, 0.717) is 37.8 Å². The van der Waals surface area contributed by atoms with E-state index in [0.717, 1.165) is 0 Å². The van der Waals surface area contributed by atoms with Gasteiger partial charge in [0.15, 0.2) is 0 Å². The van der Waals surface area contributed by atoms with E-state index in [4.69, 9.17) is 39.2 Å². The average molecular weight is 411 g/mol. The van der Waals surface area contributed by atoms with E-state index in [-0.39, 0.29) is 5.69 Å². The second-order valence-electron chi connectivity index (χ2n) is 5.09. The highest BCUT2D eigenvalue weighted by Crippen LogP contribution is 2.32. The summed E-state index contributed by atoms with van der Waals surface area (Å²) in [6.45, 7) is 0. The van der Waals surface area contributed by atoms with Gasteiger partial charge in [0.05, 0.1) is 31.9 Å². The summed E-state index contributed by atoms with van der Waals surface area (Å²) in [5.74, 6) is 0.814. The molecule has 0 fully saturated rings. The van der Waals surface area contributed by atoms with E-state index in [9.17, 15) is 10.1 Å². The summed E-state index contributed by atoms with van der Waals surface area (Å²) < 4.78 is 5.62. The number of hydrogen-bond acceptors (Lipinski definition) is 5. The minimum Gasteiger partial charge on any atom is -0.455 e. The van der Waals surface area contributed by atoms with Crippen LogP contribution in [0.4, 0.5) is 11.4 Å². The van der Waals surface area contributed by atoms with Gasteiger partial charge in [-0.25, -0.2) is 0 Å². The molecular formula is C17H10Cl3N3O3. The zero-order valence-corrected chi connectivity index (χ0v) is 15.2. The van der Waals surface area contributed by atoms with E-state index in [2.05, 4.69) is 10.5 Å². The zero-order chi connectivity index (χ0) is 18.7. The number of nitro benzene ring substituents is 1. The molecule has 0 saturated carbocycles. The number of nitrogens with zero attached hydrogens (tertiary/aromatic N) is 2. The molecule has 0 unspecified atom stereocenters. The summed E-state index contributed by atoms with van der Waals surface area (Å²) in [4.78, 5) is 10.4. The van der Waals surface area contributed by atoms with Crippen molar-refractivity contribution in [2.24, 2.45) is 5.10 Å². The normalized spacial score (nSPS) is 11.0. The lowest BCUT2D eigenvalue weighted by atomic mass is 10.1. The molecule has 9 heteroatoms. The Morgan fingerprint density at radius 2 is 1.88 bits per heavy atom. The number of nitrogens with one attached hydrogen (secondary N) is 1. The van der Waals surface area contributed by atoms with Gasteiger partial charge in [-0.15, -0.1) is 0 Å². The highest BCUT2D eigenvalue weighted by atomic mass is 35.5.